The van der Waals surface area contributed by atoms with Gasteiger partial charge >= 0.3 is 0 Å². The summed E-state index contributed by atoms with van der Waals surface area (Å²) in [4.78, 5) is 0. The van der Waals surface area contributed by atoms with E-state index in [9.17, 15) is 0 Å². The fourth-order valence-electron chi connectivity index (χ4n) is 2.80. The molecule has 0 aliphatic heterocycles. The van der Waals surface area contributed by atoms with E-state index in [1.807, 2.05) is 7.11 Å². The molecule has 0 amide bonds. The fraction of sp³-hybridized carbons (Fsp3) is 0.786. The lowest BCUT2D eigenvalue weighted by Gasteiger charge is -2.29. The lowest BCUT2D eigenvalue weighted by atomic mass is 9.93. The molecule has 1 aromatic heterocycles. The standard InChI is InChI=1S/C14H24N2O/c1-4-11-9-12(5-2)16(15-11)13-7-6-8-14(10-13)17-3/h9,13-14H,4-8,10H2,1-3H3. The molecule has 0 aromatic carbocycles. The van der Waals surface area contributed by atoms with Crippen molar-refractivity contribution in [1.82, 2.24) is 9.78 Å². The number of aromatic nitrogens is 2. The number of hydrogen-bond acceptors (Lipinski definition) is 2. The quantitative estimate of drug-likeness (QED) is 0.803. The molecule has 1 aliphatic carbocycles. The van der Waals surface area contributed by atoms with Crippen LogP contribution in [-0.2, 0) is 17.6 Å². The van der Waals surface area contributed by atoms with Gasteiger partial charge in [0.1, 0.15) is 0 Å². The van der Waals surface area contributed by atoms with Gasteiger partial charge in [0.25, 0.3) is 0 Å². The molecule has 17 heavy (non-hydrogen) atoms. The first-order valence-electron chi connectivity index (χ1n) is 6.88. The molecule has 2 atom stereocenters. The molecule has 3 nitrogen and oxygen atoms in total. The van der Waals surface area contributed by atoms with Crippen LogP contribution in [0.4, 0.5) is 0 Å². The van der Waals surface area contributed by atoms with Crippen LogP contribution in [0.15, 0.2) is 6.07 Å². The van der Waals surface area contributed by atoms with Crippen LogP contribution in [0.5, 0.6) is 0 Å². The third-order valence-corrected chi connectivity index (χ3v) is 3.87. The van der Waals surface area contributed by atoms with Crippen molar-refractivity contribution in [3.05, 3.63) is 17.5 Å². The minimum atomic E-state index is 0.424. The average Bonchev–Trinajstić information content (AvgIpc) is 2.82. The second-order valence-electron chi connectivity index (χ2n) is 4.96. The molecule has 0 N–H and O–H groups in total. The molecule has 2 unspecified atom stereocenters. The summed E-state index contributed by atoms with van der Waals surface area (Å²) in [6, 6.07) is 2.81. The van der Waals surface area contributed by atoms with E-state index >= 15 is 0 Å². The predicted molar refractivity (Wildman–Crippen MR) is 69.3 cm³/mol. The van der Waals surface area contributed by atoms with Crippen molar-refractivity contribution in [3.8, 4) is 0 Å². The van der Waals surface area contributed by atoms with Gasteiger partial charge in [0.2, 0.25) is 0 Å². The van der Waals surface area contributed by atoms with Crippen molar-refractivity contribution in [3.63, 3.8) is 0 Å². The molecule has 1 heterocycles. The van der Waals surface area contributed by atoms with Crippen molar-refractivity contribution in [2.75, 3.05) is 7.11 Å². The number of hydrogen-bond donors (Lipinski definition) is 0. The second kappa shape index (κ2) is 5.67. The number of nitrogens with zero attached hydrogens (tertiary/aromatic N) is 2. The van der Waals surface area contributed by atoms with E-state index in [4.69, 9.17) is 9.84 Å². The Balaban J connectivity index is 2.17. The van der Waals surface area contributed by atoms with Crippen LogP contribution >= 0.6 is 0 Å². The second-order valence-corrected chi connectivity index (χ2v) is 4.96. The number of aryl methyl sites for hydroxylation is 2. The summed E-state index contributed by atoms with van der Waals surface area (Å²) >= 11 is 0. The molecular weight excluding hydrogens is 212 g/mol. The van der Waals surface area contributed by atoms with Gasteiger partial charge < -0.3 is 4.74 Å². The topological polar surface area (TPSA) is 27.1 Å². The SMILES string of the molecule is CCc1cc(CC)n(C2CCCC(OC)C2)n1. The Hall–Kier alpha value is -0.830. The minimum absolute atomic E-state index is 0.424. The first-order chi connectivity index (χ1) is 8.28. The third-order valence-electron chi connectivity index (χ3n) is 3.87. The van der Waals surface area contributed by atoms with E-state index in [0.29, 0.717) is 12.1 Å². The molecule has 0 saturated heterocycles. The van der Waals surface area contributed by atoms with Gasteiger partial charge in [0, 0.05) is 12.8 Å². The zero-order valence-electron chi connectivity index (χ0n) is 11.3. The normalized spacial score (nSPS) is 25.1. The Kier molecular flexibility index (Phi) is 4.21. The van der Waals surface area contributed by atoms with Gasteiger partial charge in [-0.15, -0.1) is 0 Å². The molecule has 3 heteroatoms. The Morgan fingerprint density at radius 3 is 2.82 bits per heavy atom. The van der Waals surface area contributed by atoms with Crippen LogP contribution in [0.3, 0.4) is 0 Å². The maximum Gasteiger partial charge on any atom is 0.0624 e. The third kappa shape index (κ3) is 2.71. The van der Waals surface area contributed by atoms with Gasteiger partial charge in [0.05, 0.1) is 17.8 Å². The molecule has 0 radical (unpaired) electrons. The lowest BCUT2D eigenvalue weighted by Crippen LogP contribution is -2.25. The summed E-state index contributed by atoms with van der Waals surface area (Å²) in [5.74, 6) is 0. The molecule has 0 bridgehead atoms. The molecule has 1 aliphatic rings. The summed E-state index contributed by atoms with van der Waals surface area (Å²) < 4.78 is 7.78. The highest BCUT2D eigenvalue weighted by atomic mass is 16.5. The van der Waals surface area contributed by atoms with Gasteiger partial charge in [-0.3, -0.25) is 4.68 Å². The zero-order chi connectivity index (χ0) is 12.3. The van der Waals surface area contributed by atoms with Gasteiger partial charge in [-0.1, -0.05) is 13.8 Å². The van der Waals surface area contributed by atoms with Crippen LogP contribution in [0.1, 0.15) is 57.0 Å². The molecule has 0 spiro atoms. The van der Waals surface area contributed by atoms with E-state index in [1.165, 1.54) is 30.7 Å². The highest BCUT2D eigenvalue weighted by molar-refractivity contribution is 5.11. The lowest BCUT2D eigenvalue weighted by molar-refractivity contribution is 0.0502. The Morgan fingerprint density at radius 1 is 1.35 bits per heavy atom. The molecule has 1 fully saturated rings. The predicted octanol–water partition coefficient (Wildman–Crippen LogP) is 3.14. The highest BCUT2D eigenvalue weighted by Crippen LogP contribution is 2.30. The molecule has 2 rings (SSSR count). The highest BCUT2D eigenvalue weighted by Gasteiger charge is 2.25. The van der Waals surface area contributed by atoms with E-state index in [2.05, 4.69) is 24.6 Å². The smallest absolute Gasteiger partial charge is 0.0624 e. The Morgan fingerprint density at radius 2 is 2.18 bits per heavy atom. The molecular formula is C14H24N2O. The molecule has 96 valence electrons. The van der Waals surface area contributed by atoms with Crippen LogP contribution in [0.2, 0.25) is 0 Å². The maximum absolute atomic E-state index is 5.51. The first kappa shape index (κ1) is 12.6. The van der Waals surface area contributed by atoms with Gasteiger partial charge in [0.15, 0.2) is 0 Å². The van der Waals surface area contributed by atoms with Crippen molar-refractivity contribution < 1.29 is 4.74 Å². The van der Waals surface area contributed by atoms with Crippen molar-refractivity contribution in [1.29, 1.82) is 0 Å². The minimum Gasteiger partial charge on any atom is -0.381 e. The Bertz CT molecular complexity index is 359. The van der Waals surface area contributed by atoms with E-state index in [-0.39, 0.29) is 0 Å². The first-order valence-corrected chi connectivity index (χ1v) is 6.88. The molecule has 1 aromatic rings. The van der Waals surface area contributed by atoms with Gasteiger partial charge in [-0.05, 0) is 44.6 Å². The summed E-state index contributed by atoms with van der Waals surface area (Å²) in [5.41, 5.74) is 2.60. The summed E-state index contributed by atoms with van der Waals surface area (Å²) in [6.07, 6.45) is 7.35. The zero-order valence-corrected chi connectivity index (χ0v) is 11.3. The summed E-state index contributed by atoms with van der Waals surface area (Å²) in [5, 5.41) is 4.75. The van der Waals surface area contributed by atoms with Crippen LogP contribution in [-0.4, -0.2) is 23.0 Å². The number of ether oxygens (including phenoxy) is 1. The fourth-order valence-corrected chi connectivity index (χ4v) is 2.80. The van der Waals surface area contributed by atoms with Crippen molar-refractivity contribution in [2.24, 2.45) is 0 Å². The number of rotatable bonds is 4. The van der Waals surface area contributed by atoms with Crippen molar-refractivity contribution in [2.45, 2.75) is 64.5 Å². The van der Waals surface area contributed by atoms with E-state index < -0.39 is 0 Å². The van der Waals surface area contributed by atoms with Gasteiger partial charge in [-0.2, -0.15) is 5.10 Å². The van der Waals surface area contributed by atoms with Crippen LogP contribution in [0.25, 0.3) is 0 Å². The largest absolute Gasteiger partial charge is 0.381 e. The van der Waals surface area contributed by atoms with E-state index in [0.717, 1.165) is 19.3 Å². The Labute approximate surface area is 104 Å². The van der Waals surface area contributed by atoms with Crippen molar-refractivity contribution >= 4 is 0 Å². The molecule has 1 saturated carbocycles. The van der Waals surface area contributed by atoms with Gasteiger partial charge in [-0.25, -0.2) is 0 Å². The summed E-state index contributed by atoms with van der Waals surface area (Å²) in [7, 11) is 1.83. The average molecular weight is 236 g/mol. The van der Waals surface area contributed by atoms with E-state index in [1.54, 1.807) is 0 Å². The maximum atomic E-state index is 5.51. The van der Waals surface area contributed by atoms with Crippen LogP contribution < -0.4 is 0 Å². The number of methoxy groups -OCH3 is 1. The monoisotopic (exact) mass is 236 g/mol. The summed E-state index contributed by atoms with van der Waals surface area (Å²) in [6.45, 7) is 4.38. The van der Waals surface area contributed by atoms with Crippen LogP contribution in [0, 0.1) is 0 Å².